The summed E-state index contributed by atoms with van der Waals surface area (Å²) in [5.74, 6) is 0.784. The van der Waals surface area contributed by atoms with Crippen LogP contribution in [0.15, 0.2) is 18.2 Å². The van der Waals surface area contributed by atoms with E-state index in [-0.39, 0.29) is 24.2 Å². The molecule has 0 aromatic heterocycles. The Kier molecular flexibility index (Phi) is 7.99. The summed E-state index contributed by atoms with van der Waals surface area (Å²) in [6.07, 6.45) is 1.97. The maximum Gasteiger partial charge on any atom is 0.249 e. The fourth-order valence-electron chi connectivity index (χ4n) is 2.74. The van der Waals surface area contributed by atoms with Crippen molar-refractivity contribution in [2.75, 3.05) is 25.7 Å². The molecule has 140 valence electrons. The smallest absolute Gasteiger partial charge is 0.249 e. The van der Waals surface area contributed by atoms with Crippen molar-refractivity contribution in [3.63, 3.8) is 0 Å². The number of halogens is 1. The van der Waals surface area contributed by atoms with Crippen LogP contribution in [0.1, 0.15) is 26.2 Å². The largest absolute Gasteiger partial charge is 0.497 e. The van der Waals surface area contributed by atoms with E-state index in [9.17, 15) is 9.59 Å². The molecule has 7 nitrogen and oxygen atoms in total. The lowest BCUT2D eigenvalue weighted by Gasteiger charge is -2.19. The van der Waals surface area contributed by atoms with Gasteiger partial charge in [-0.15, -0.1) is 12.4 Å². The standard InChI is InChI=1S/C17H25N3O4.ClH/c1-4-5-14(18)16(21)19-15-6-7-20(17(15)22)11-8-12(23-2)10-13(9-11)24-3;/h8-10,14-15H,4-7,18H2,1-3H3,(H,19,21);1H. The first kappa shape index (κ1) is 21.1. The predicted octanol–water partition coefficient (Wildman–Crippen LogP) is 1.47. The molecule has 8 heteroatoms. The van der Waals surface area contributed by atoms with Gasteiger partial charge in [-0.05, 0) is 12.8 Å². The number of hydrogen-bond donors (Lipinski definition) is 2. The molecule has 0 radical (unpaired) electrons. The number of rotatable bonds is 7. The van der Waals surface area contributed by atoms with Crippen molar-refractivity contribution in [2.45, 2.75) is 38.3 Å². The summed E-state index contributed by atoms with van der Waals surface area (Å²) in [7, 11) is 3.12. The minimum Gasteiger partial charge on any atom is -0.497 e. The third-order valence-electron chi connectivity index (χ3n) is 4.11. The van der Waals surface area contributed by atoms with Gasteiger partial charge >= 0.3 is 0 Å². The Balaban J connectivity index is 0.00000312. The van der Waals surface area contributed by atoms with Crippen molar-refractivity contribution in [2.24, 2.45) is 5.73 Å². The summed E-state index contributed by atoms with van der Waals surface area (Å²) >= 11 is 0. The van der Waals surface area contributed by atoms with Crippen molar-refractivity contribution in [3.8, 4) is 11.5 Å². The Morgan fingerprint density at radius 3 is 2.44 bits per heavy atom. The van der Waals surface area contributed by atoms with Crippen LogP contribution in [0.3, 0.4) is 0 Å². The van der Waals surface area contributed by atoms with Crippen LogP contribution >= 0.6 is 12.4 Å². The van der Waals surface area contributed by atoms with Crippen LogP contribution < -0.4 is 25.4 Å². The van der Waals surface area contributed by atoms with Gasteiger partial charge < -0.3 is 25.4 Å². The van der Waals surface area contributed by atoms with Gasteiger partial charge in [0.1, 0.15) is 17.5 Å². The van der Waals surface area contributed by atoms with Crippen LogP contribution in [-0.4, -0.2) is 44.7 Å². The summed E-state index contributed by atoms with van der Waals surface area (Å²) < 4.78 is 10.5. The summed E-state index contributed by atoms with van der Waals surface area (Å²) in [6, 6.07) is 4.17. The second kappa shape index (κ2) is 9.48. The van der Waals surface area contributed by atoms with E-state index in [1.807, 2.05) is 6.92 Å². The Labute approximate surface area is 154 Å². The predicted molar refractivity (Wildman–Crippen MR) is 98.6 cm³/mol. The Bertz CT molecular complexity index is 589. The number of carbonyl (C=O) groups is 2. The van der Waals surface area contributed by atoms with E-state index >= 15 is 0 Å². The van der Waals surface area contributed by atoms with E-state index in [1.165, 1.54) is 0 Å². The maximum absolute atomic E-state index is 12.6. The van der Waals surface area contributed by atoms with Crippen LogP contribution in [-0.2, 0) is 9.59 Å². The first-order chi connectivity index (χ1) is 11.5. The lowest BCUT2D eigenvalue weighted by atomic mass is 10.1. The van der Waals surface area contributed by atoms with Gasteiger partial charge in [-0.25, -0.2) is 0 Å². The number of hydrogen-bond acceptors (Lipinski definition) is 5. The molecule has 0 saturated carbocycles. The molecule has 0 aliphatic carbocycles. The minimum atomic E-state index is -0.575. The van der Waals surface area contributed by atoms with E-state index in [4.69, 9.17) is 15.2 Å². The van der Waals surface area contributed by atoms with Crippen LogP contribution in [0, 0.1) is 0 Å². The monoisotopic (exact) mass is 371 g/mol. The molecule has 2 unspecified atom stereocenters. The van der Waals surface area contributed by atoms with Crippen LogP contribution in [0.4, 0.5) is 5.69 Å². The lowest BCUT2D eigenvalue weighted by Crippen LogP contribution is -2.48. The van der Waals surface area contributed by atoms with Gasteiger partial charge in [0.15, 0.2) is 0 Å². The van der Waals surface area contributed by atoms with Crippen molar-refractivity contribution >= 4 is 29.9 Å². The average molecular weight is 372 g/mol. The second-order valence-electron chi connectivity index (χ2n) is 5.81. The summed E-state index contributed by atoms with van der Waals surface area (Å²) in [5.41, 5.74) is 6.49. The first-order valence-corrected chi connectivity index (χ1v) is 8.10. The van der Waals surface area contributed by atoms with Crippen LogP contribution in [0.5, 0.6) is 11.5 Å². The molecule has 2 atom stereocenters. The molecule has 0 bridgehead atoms. The Morgan fingerprint density at radius 1 is 1.32 bits per heavy atom. The van der Waals surface area contributed by atoms with Gasteiger partial charge in [-0.2, -0.15) is 0 Å². The third kappa shape index (κ3) is 4.99. The molecular formula is C17H26ClN3O4. The Hall–Kier alpha value is -1.99. The van der Waals surface area contributed by atoms with E-state index in [0.717, 1.165) is 6.42 Å². The van der Waals surface area contributed by atoms with Gasteiger partial charge in [-0.3, -0.25) is 9.59 Å². The highest BCUT2D eigenvalue weighted by molar-refractivity contribution is 6.02. The quantitative estimate of drug-likeness (QED) is 0.757. The number of methoxy groups -OCH3 is 2. The molecule has 2 amide bonds. The zero-order chi connectivity index (χ0) is 17.7. The number of nitrogens with zero attached hydrogens (tertiary/aromatic N) is 1. The van der Waals surface area contributed by atoms with Crippen molar-refractivity contribution in [1.29, 1.82) is 0 Å². The lowest BCUT2D eigenvalue weighted by molar-refractivity contribution is -0.127. The number of amides is 2. The van der Waals surface area contributed by atoms with E-state index in [2.05, 4.69) is 5.32 Å². The number of nitrogens with two attached hydrogens (primary N) is 1. The van der Waals surface area contributed by atoms with Crippen molar-refractivity contribution in [3.05, 3.63) is 18.2 Å². The van der Waals surface area contributed by atoms with Crippen LogP contribution in [0.25, 0.3) is 0 Å². The average Bonchev–Trinajstić information content (AvgIpc) is 2.95. The second-order valence-corrected chi connectivity index (χ2v) is 5.81. The molecule has 1 aromatic rings. The van der Waals surface area contributed by atoms with Gasteiger partial charge in [0.05, 0.1) is 25.9 Å². The fourth-order valence-corrected chi connectivity index (χ4v) is 2.74. The molecule has 1 aromatic carbocycles. The highest BCUT2D eigenvalue weighted by Crippen LogP contribution is 2.30. The molecule has 1 aliphatic rings. The first-order valence-electron chi connectivity index (χ1n) is 8.10. The third-order valence-corrected chi connectivity index (χ3v) is 4.11. The number of nitrogens with one attached hydrogen (secondary N) is 1. The topological polar surface area (TPSA) is 93.9 Å². The molecule has 1 heterocycles. The number of benzene rings is 1. The zero-order valence-electron chi connectivity index (χ0n) is 14.8. The summed E-state index contributed by atoms with van der Waals surface area (Å²) in [5, 5.41) is 2.75. The summed E-state index contributed by atoms with van der Waals surface area (Å²) in [6.45, 7) is 2.48. The van der Waals surface area contributed by atoms with Crippen LogP contribution in [0.2, 0.25) is 0 Å². The molecule has 1 aliphatic heterocycles. The Morgan fingerprint density at radius 2 is 1.92 bits per heavy atom. The minimum absolute atomic E-state index is 0. The summed E-state index contributed by atoms with van der Waals surface area (Å²) in [4.78, 5) is 26.3. The van der Waals surface area contributed by atoms with E-state index in [0.29, 0.717) is 36.6 Å². The zero-order valence-corrected chi connectivity index (χ0v) is 15.6. The van der Waals surface area contributed by atoms with Gasteiger partial charge in [-0.1, -0.05) is 13.3 Å². The molecule has 3 N–H and O–H groups in total. The molecular weight excluding hydrogens is 346 g/mol. The van der Waals surface area contributed by atoms with E-state index in [1.54, 1.807) is 37.3 Å². The number of carbonyl (C=O) groups excluding carboxylic acids is 2. The SMILES string of the molecule is CCCC(N)C(=O)NC1CCN(c2cc(OC)cc(OC)c2)C1=O.Cl. The molecule has 2 rings (SSSR count). The van der Waals surface area contributed by atoms with Gasteiger partial charge in [0.25, 0.3) is 0 Å². The normalized spacial score (nSPS) is 17.7. The number of anilines is 1. The van der Waals surface area contributed by atoms with E-state index < -0.39 is 12.1 Å². The van der Waals surface area contributed by atoms with Crippen molar-refractivity contribution < 1.29 is 19.1 Å². The van der Waals surface area contributed by atoms with Crippen molar-refractivity contribution in [1.82, 2.24) is 5.32 Å². The molecule has 25 heavy (non-hydrogen) atoms. The molecule has 1 fully saturated rings. The highest BCUT2D eigenvalue weighted by atomic mass is 35.5. The molecule has 0 spiro atoms. The van der Waals surface area contributed by atoms with Gasteiger partial charge in [0, 0.05) is 24.7 Å². The molecule has 1 saturated heterocycles. The number of ether oxygens (including phenoxy) is 2. The maximum atomic E-state index is 12.6. The fraction of sp³-hybridized carbons (Fsp3) is 0.529. The highest BCUT2D eigenvalue weighted by Gasteiger charge is 2.34. The van der Waals surface area contributed by atoms with Gasteiger partial charge in [0.2, 0.25) is 11.8 Å².